The van der Waals surface area contributed by atoms with Crippen molar-refractivity contribution in [2.24, 2.45) is 0 Å². The largest absolute Gasteiger partial charge is 0.493 e. The minimum atomic E-state index is -0.278. The first-order valence-corrected chi connectivity index (χ1v) is 9.69. The minimum Gasteiger partial charge on any atom is -0.493 e. The fourth-order valence-electron chi connectivity index (χ4n) is 2.97. The number of hydrogen-bond acceptors (Lipinski definition) is 6. The lowest BCUT2D eigenvalue weighted by Gasteiger charge is -2.11. The molecule has 1 heterocycles. The van der Waals surface area contributed by atoms with E-state index in [1.807, 2.05) is 61.5 Å². The van der Waals surface area contributed by atoms with Crippen LogP contribution >= 0.6 is 0 Å². The number of aromatic nitrogens is 2. The highest BCUT2D eigenvalue weighted by Gasteiger charge is 2.11. The Kier molecular flexibility index (Phi) is 5.93. The van der Waals surface area contributed by atoms with E-state index in [1.54, 1.807) is 25.3 Å². The molecule has 0 saturated carbocycles. The molecule has 0 saturated heterocycles. The average molecular weight is 415 g/mol. The molecule has 3 aromatic carbocycles. The first-order valence-electron chi connectivity index (χ1n) is 9.69. The maximum absolute atomic E-state index is 12.2. The SMILES string of the molecule is COc1cc(C)ccc1OCC(=O)Nc1ccc(-c2nnc(-c3ccccc3)o2)cc1. The van der Waals surface area contributed by atoms with E-state index in [4.69, 9.17) is 13.9 Å². The smallest absolute Gasteiger partial charge is 0.262 e. The predicted octanol–water partition coefficient (Wildman–Crippen LogP) is 4.74. The highest BCUT2D eigenvalue weighted by atomic mass is 16.5. The molecule has 4 aromatic rings. The maximum Gasteiger partial charge on any atom is 0.262 e. The number of carbonyl (C=O) groups excluding carboxylic acids is 1. The monoisotopic (exact) mass is 415 g/mol. The van der Waals surface area contributed by atoms with Gasteiger partial charge in [-0.15, -0.1) is 10.2 Å². The molecule has 1 N–H and O–H groups in total. The van der Waals surface area contributed by atoms with Gasteiger partial charge in [0.15, 0.2) is 18.1 Å². The number of amides is 1. The minimum absolute atomic E-state index is 0.134. The summed E-state index contributed by atoms with van der Waals surface area (Å²) in [6, 6.07) is 22.3. The van der Waals surface area contributed by atoms with E-state index < -0.39 is 0 Å². The molecular weight excluding hydrogens is 394 g/mol. The van der Waals surface area contributed by atoms with Gasteiger partial charge < -0.3 is 19.2 Å². The molecule has 156 valence electrons. The third kappa shape index (κ3) is 4.90. The summed E-state index contributed by atoms with van der Waals surface area (Å²) in [6.07, 6.45) is 0. The Morgan fingerprint density at radius 2 is 1.58 bits per heavy atom. The van der Waals surface area contributed by atoms with Crippen LogP contribution in [0.4, 0.5) is 5.69 Å². The molecule has 7 nitrogen and oxygen atoms in total. The highest BCUT2D eigenvalue weighted by molar-refractivity contribution is 5.92. The molecule has 0 atom stereocenters. The van der Waals surface area contributed by atoms with Gasteiger partial charge in [0.25, 0.3) is 5.91 Å². The number of methoxy groups -OCH3 is 1. The molecule has 1 aromatic heterocycles. The Bertz CT molecular complexity index is 1170. The van der Waals surface area contributed by atoms with Crippen LogP contribution in [0.25, 0.3) is 22.9 Å². The Balaban J connectivity index is 1.37. The van der Waals surface area contributed by atoms with E-state index >= 15 is 0 Å². The normalized spacial score (nSPS) is 10.5. The average Bonchev–Trinajstić information content (AvgIpc) is 3.29. The van der Waals surface area contributed by atoms with Gasteiger partial charge >= 0.3 is 0 Å². The van der Waals surface area contributed by atoms with Crippen LogP contribution in [0, 0.1) is 6.92 Å². The van der Waals surface area contributed by atoms with Crippen LogP contribution in [0.1, 0.15) is 5.56 Å². The molecule has 7 heteroatoms. The third-order valence-corrected chi connectivity index (χ3v) is 4.54. The summed E-state index contributed by atoms with van der Waals surface area (Å²) < 4.78 is 16.6. The van der Waals surface area contributed by atoms with Crippen molar-refractivity contribution in [2.75, 3.05) is 19.0 Å². The molecule has 0 aliphatic rings. The summed E-state index contributed by atoms with van der Waals surface area (Å²) in [4.78, 5) is 12.2. The van der Waals surface area contributed by atoms with Gasteiger partial charge in [0.1, 0.15) is 0 Å². The van der Waals surface area contributed by atoms with E-state index in [0.29, 0.717) is 29.0 Å². The molecule has 0 bridgehead atoms. The van der Waals surface area contributed by atoms with E-state index in [9.17, 15) is 4.79 Å². The fraction of sp³-hybridized carbons (Fsp3) is 0.125. The second-order valence-corrected chi connectivity index (χ2v) is 6.85. The molecule has 0 aliphatic carbocycles. The number of nitrogens with one attached hydrogen (secondary N) is 1. The topological polar surface area (TPSA) is 86.5 Å². The van der Waals surface area contributed by atoms with Gasteiger partial charge in [-0.05, 0) is 61.0 Å². The number of benzene rings is 3. The quantitative estimate of drug-likeness (QED) is 0.469. The maximum atomic E-state index is 12.2. The molecule has 1 amide bonds. The van der Waals surface area contributed by atoms with Crippen LogP contribution in [0.5, 0.6) is 11.5 Å². The number of ether oxygens (including phenoxy) is 2. The number of nitrogens with zero attached hydrogens (tertiary/aromatic N) is 2. The zero-order valence-corrected chi connectivity index (χ0v) is 17.2. The van der Waals surface area contributed by atoms with Crippen LogP contribution in [-0.4, -0.2) is 29.8 Å². The number of rotatable bonds is 7. The number of anilines is 1. The zero-order chi connectivity index (χ0) is 21.6. The van der Waals surface area contributed by atoms with Crippen LogP contribution < -0.4 is 14.8 Å². The summed E-state index contributed by atoms with van der Waals surface area (Å²) in [5.74, 6) is 1.69. The third-order valence-electron chi connectivity index (χ3n) is 4.54. The standard InChI is InChI=1S/C24H21N3O4/c1-16-8-13-20(21(14-16)29-2)30-15-22(28)25-19-11-9-18(10-12-19)24-27-26-23(31-24)17-6-4-3-5-7-17/h3-14H,15H2,1-2H3,(H,25,28). The Labute approximate surface area is 179 Å². The summed E-state index contributed by atoms with van der Waals surface area (Å²) in [7, 11) is 1.56. The molecule has 31 heavy (non-hydrogen) atoms. The van der Waals surface area contributed by atoms with Gasteiger partial charge in [0.2, 0.25) is 11.8 Å². The van der Waals surface area contributed by atoms with Crippen molar-refractivity contribution in [1.29, 1.82) is 0 Å². The summed E-state index contributed by atoms with van der Waals surface area (Å²) in [6.45, 7) is 1.82. The van der Waals surface area contributed by atoms with Crippen molar-refractivity contribution < 1.29 is 18.7 Å². The highest BCUT2D eigenvalue weighted by Crippen LogP contribution is 2.28. The predicted molar refractivity (Wildman–Crippen MR) is 117 cm³/mol. The van der Waals surface area contributed by atoms with E-state index in [2.05, 4.69) is 15.5 Å². The lowest BCUT2D eigenvalue weighted by atomic mass is 10.2. The van der Waals surface area contributed by atoms with Gasteiger partial charge in [-0.3, -0.25) is 4.79 Å². The first-order chi connectivity index (χ1) is 15.1. The van der Waals surface area contributed by atoms with Crippen molar-refractivity contribution in [3.63, 3.8) is 0 Å². The lowest BCUT2D eigenvalue weighted by Crippen LogP contribution is -2.20. The summed E-state index contributed by atoms with van der Waals surface area (Å²) in [5.41, 5.74) is 3.30. The lowest BCUT2D eigenvalue weighted by molar-refractivity contribution is -0.118. The zero-order valence-electron chi connectivity index (χ0n) is 17.2. The van der Waals surface area contributed by atoms with Crippen molar-refractivity contribution >= 4 is 11.6 Å². The van der Waals surface area contributed by atoms with E-state index in [1.165, 1.54) is 0 Å². The van der Waals surface area contributed by atoms with Crippen molar-refractivity contribution in [2.45, 2.75) is 6.92 Å². The molecule has 0 radical (unpaired) electrons. The van der Waals surface area contributed by atoms with Crippen molar-refractivity contribution in [1.82, 2.24) is 10.2 Å². The van der Waals surface area contributed by atoms with Gasteiger partial charge in [0, 0.05) is 16.8 Å². The Morgan fingerprint density at radius 1 is 0.903 bits per heavy atom. The Morgan fingerprint density at radius 3 is 2.26 bits per heavy atom. The molecular formula is C24H21N3O4. The number of carbonyl (C=O) groups is 1. The van der Waals surface area contributed by atoms with E-state index in [0.717, 1.165) is 16.7 Å². The van der Waals surface area contributed by atoms with Gasteiger partial charge in [-0.2, -0.15) is 0 Å². The Hall–Kier alpha value is -4.13. The van der Waals surface area contributed by atoms with Gasteiger partial charge in [0.05, 0.1) is 7.11 Å². The molecule has 4 rings (SSSR count). The summed E-state index contributed by atoms with van der Waals surface area (Å²) in [5, 5.41) is 11.0. The fourth-order valence-corrected chi connectivity index (χ4v) is 2.97. The van der Waals surface area contributed by atoms with Gasteiger partial charge in [-0.25, -0.2) is 0 Å². The van der Waals surface area contributed by atoms with Crippen LogP contribution in [-0.2, 0) is 4.79 Å². The van der Waals surface area contributed by atoms with Gasteiger partial charge in [-0.1, -0.05) is 24.3 Å². The van der Waals surface area contributed by atoms with E-state index in [-0.39, 0.29) is 12.5 Å². The molecule has 0 spiro atoms. The molecule has 0 fully saturated rings. The van der Waals surface area contributed by atoms with Crippen LogP contribution in [0.15, 0.2) is 77.2 Å². The van der Waals surface area contributed by atoms with Crippen LogP contribution in [0.3, 0.4) is 0 Å². The summed E-state index contributed by atoms with van der Waals surface area (Å²) >= 11 is 0. The van der Waals surface area contributed by atoms with Crippen molar-refractivity contribution in [3.05, 3.63) is 78.4 Å². The number of aryl methyl sites for hydroxylation is 1. The molecule has 0 aliphatic heterocycles. The number of hydrogen-bond donors (Lipinski definition) is 1. The van der Waals surface area contributed by atoms with Crippen molar-refractivity contribution in [3.8, 4) is 34.4 Å². The second-order valence-electron chi connectivity index (χ2n) is 6.85. The second kappa shape index (κ2) is 9.13. The van der Waals surface area contributed by atoms with Crippen LogP contribution in [0.2, 0.25) is 0 Å². The molecule has 0 unspecified atom stereocenters. The first kappa shape index (κ1) is 20.2.